The monoisotopic (exact) mass is 281 g/mol. The summed E-state index contributed by atoms with van der Waals surface area (Å²) in [5.41, 5.74) is 8.84. The second-order valence-corrected chi connectivity index (χ2v) is 5.40. The molecule has 0 aliphatic rings. The Labute approximate surface area is 124 Å². The first-order valence-electron chi connectivity index (χ1n) is 7.07. The van der Waals surface area contributed by atoms with E-state index >= 15 is 0 Å². The van der Waals surface area contributed by atoms with Crippen LogP contribution >= 0.6 is 0 Å². The Balaban J connectivity index is 1.89. The molecule has 3 N–H and O–H groups in total. The number of nitrogens with two attached hydrogens (primary N) is 1. The molecule has 4 nitrogen and oxygen atoms in total. The van der Waals surface area contributed by atoms with Crippen molar-refractivity contribution in [2.75, 3.05) is 11.1 Å². The van der Waals surface area contributed by atoms with Gasteiger partial charge in [-0.25, -0.2) is 0 Å². The summed E-state index contributed by atoms with van der Waals surface area (Å²) in [6.45, 7) is 4.12. The number of nitrogens with one attached hydrogen (secondary N) is 1. The molecule has 0 amide bonds. The van der Waals surface area contributed by atoms with E-state index < -0.39 is 0 Å². The number of nitrogen functional groups attached to an aromatic ring is 1. The fourth-order valence-corrected chi connectivity index (χ4v) is 2.54. The van der Waals surface area contributed by atoms with E-state index in [4.69, 9.17) is 10.2 Å². The van der Waals surface area contributed by atoms with Gasteiger partial charge >= 0.3 is 0 Å². The van der Waals surface area contributed by atoms with Crippen molar-refractivity contribution in [2.24, 2.45) is 0 Å². The number of nitrogens with zero attached hydrogens (tertiary/aromatic N) is 1. The summed E-state index contributed by atoms with van der Waals surface area (Å²) < 4.78 is 5.40. The number of aromatic nitrogens is 1. The highest BCUT2D eigenvalue weighted by Gasteiger charge is 2.10. The van der Waals surface area contributed by atoms with E-state index in [-0.39, 0.29) is 6.04 Å². The quantitative estimate of drug-likeness (QED) is 0.715. The van der Waals surface area contributed by atoms with Crippen molar-refractivity contribution < 1.29 is 4.42 Å². The third-order valence-corrected chi connectivity index (χ3v) is 3.56. The number of hydrogen-bond acceptors (Lipinski definition) is 4. The molecule has 0 fully saturated rings. The lowest BCUT2D eigenvalue weighted by molar-refractivity contribution is 0.498. The Bertz CT molecular complexity index is 750. The normalized spacial score (nSPS) is 12.5. The lowest BCUT2D eigenvalue weighted by atomic mass is 10.1. The van der Waals surface area contributed by atoms with Crippen molar-refractivity contribution in [3.8, 4) is 0 Å². The topological polar surface area (TPSA) is 64.1 Å². The lowest BCUT2D eigenvalue weighted by Crippen LogP contribution is -2.18. The van der Waals surface area contributed by atoms with Crippen LogP contribution in [0.15, 0.2) is 47.2 Å². The number of aryl methyl sites for hydroxylation is 1. The molecule has 0 bridgehead atoms. The number of rotatable bonds is 4. The van der Waals surface area contributed by atoms with Gasteiger partial charge in [0.25, 0.3) is 0 Å². The van der Waals surface area contributed by atoms with Crippen molar-refractivity contribution >= 4 is 22.1 Å². The number of pyridine rings is 1. The maximum absolute atomic E-state index is 6.03. The van der Waals surface area contributed by atoms with E-state index in [1.807, 2.05) is 37.4 Å². The van der Waals surface area contributed by atoms with E-state index in [1.165, 1.54) is 0 Å². The molecular formula is C17H19N3O. The van der Waals surface area contributed by atoms with Crippen LogP contribution in [0.5, 0.6) is 0 Å². The molecule has 2 heterocycles. The van der Waals surface area contributed by atoms with Gasteiger partial charge in [0.05, 0.1) is 6.26 Å². The molecule has 3 rings (SSSR count). The van der Waals surface area contributed by atoms with E-state index in [9.17, 15) is 0 Å². The average Bonchev–Trinajstić information content (AvgIpc) is 2.95. The average molecular weight is 281 g/mol. The van der Waals surface area contributed by atoms with Gasteiger partial charge in [0.1, 0.15) is 5.76 Å². The van der Waals surface area contributed by atoms with Crippen LogP contribution in [0.2, 0.25) is 0 Å². The molecule has 1 aromatic carbocycles. The minimum absolute atomic E-state index is 0.261. The fourth-order valence-electron chi connectivity index (χ4n) is 2.54. The minimum Gasteiger partial charge on any atom is -0.469 e. The van der Waals surface area contributed by atoms with Gasteiger partial charge in [0.15, 0.2) is 0 Å². The lowest BCUT2D eigenvalue weighted by Gasteiger charge is -2.17. The van der Waals surface area contributed by atoms with Crippen molar-refractivity contribution in [2.45, 2.75) is 26.3 Å². The zero-order valence-corrected chi connectivity index (χ0v) is 12.3. The second kappa shape index (κ2) is 5.48. The maximum atomic E-state index is 6.03. The van der Waals surface area contributed by atoms with E-state index in [2.05, 4.69) is 23.3 Å². The highest BCUT2D eigenvalue weighted by molar-refractivity contribution is 6.00. The third-order valence-electron chi connectivity index (χ3n) is 3.56. The third kappa shape index (κ3) is 2.84. The molecule has 0 aliphatic heterocycles. The Morgan fingerprint density at radius 2 is 2.14 bits per heavy atom. The summed E-state index contributed by atoms with van der Waals surface area (Å²) in [6.07, 6.45) is 4.38. The molecule has 3 aromatic rings. The number of hydrogen-bond donors (Lipinski definition) is 2. The highest BCUT2D eigenvalue weighted by atomic mass is 16.3. The van der Waals surface area contributed by atoms with Crippen LogP contribution in [0.3, 0.4) is 0 Å². The van der Waals surface area contributed by atoms with Gasteiger partial charge in [0, 0.05) is 46.5 Å². The molecule has 0 aliphatic carbocycles. The van der Waals surface area contributed by atoms with Crippen LogP contribution in [0.4, 0.5) is 11.4 Å². The number of anilines is 2. The van der Waals surface area contributed by atoms with Gasteiger partial charge in [-0.05, 0) is 44.2 Å². The van der Waals surface area contributed by atoms with E-state index in [0.29, 0.717) is 0 Å². The van der Waals surface area contributed by atoms with Crippen LogP contribution in [0.25, 0.3) is 10.8 Å². The number of benzene rings is 1. The Kier molecular flexibility index (Phi) is 3.52. The van der Waals surface area contributed by atoms with Crippen molar-refractivity contribution in [3.05, 3.63) is 54.2 Å². The molecule has 0 spiro atoms. The van der Waals surface area contributed by atoms with E-state index in [1.54, 1.807) is 6.26 Å². The van der Waals surface area contributed by atoms with Gasteiger partial charge in [-0.2, -0.15) is 0 Å². The summed E-state index contributed by atoms with van der Waals surface area (Å²) in [6, 6.07) is 10.2. The molecule has 108 valence electrons. The predicted octanol–water partition coefficient (Wildman–Crippen LogP) is 3.76. The fraction of sp³-hybridized carbons (Fsp3) is 0.235. The molecule has 2 aromatic heterocycles. The van der Waals surface area contributed by atoms with Crippen LogP contribution in [-0.2, 0) is 6.42 Å². The summed E-state index contributed by atoms with van der Waals surface area (Å²) in [5, 5.41) is 5.62. The van der Waals surface area contributed by atoms with Crippen LogP contribution < -0.4 is 11.1 Å². The van der Waals surface area contributed by atoms with Gasteiger partial charge in [-0.15, -0.1) is 0 Å². The van der Waals surface area contributed by atoms with Gasteiger partial charge < -0.3 is 15.5 Å². The molecule has 0 saturated heterocycles. The van der Waals surface area contributed by atoms with Crippen LogP contribution in [0, 0.1) is 6.92 Å². The molecule has 0 saturated carbocycles. The Morgan fingerprint density at radius 3 is 2.90 bits per heavy atom. The van der Waals surface area contributed by atoms with E-state index in [0.717, 1.165) is 40.0 Å². The summed E-state index contributed by atoms with van der Waals surface area (Å²) in [4.78, 5) is 4.33. The molecule has 1 unspecified atom stereocenters. The highest BCUT2D eigenvalue weighted by Crippen LogP contribution is 2.29. The Morgan fingerprint density at radius 1 is 1.29 bits per heavy atom. The second-order valence-electron chi connectivity index (χ2n) is 5.40. The largest absolute Gasteiger partial charge is 0.469 e. The zero-order chi connectivity index (χ0) is 14.8. The van der Waals surface area contributed by atoms with Crippen molar-refractivity contribution in [1.29, 1.82) is 0 Å². The van der Waals surface area contributed by atoms with Crippen molar-refractivity contribution in [1.82, 2.24) is 4.98 Å². The molecular weight excluding hydrogens is 262 g/mol. The maximum Gasteiger partial charge on any atom is 0.105 e. The predicted molar refractivity (Wildman–Crippen MR) is 86.4 cm³/mol. The van der Waals surface area contributed by atoms with Crippen molar-refractivity contribution in [3.63, 3.8) is 0 Å². The number of furan rings is 1. The first-order valence-corrected chi connectivity index (χ1v) is 7.07. The minimum atomic E-state index is 0.261. The van der Waals surface area contributed by atoms with Crippen LogP contribution in [0.1, 0.15) is 18.4 Å². The summed E-state index contributed by atoms with van der Waals surface area (Å²) in [7, 11) is 0. The molecule has 21 heavy (non-hydrogen) atoms. The smallest absolute Gasteiger partial charge is 0.105 e. The van der Waals surface area contributed by atoms with Crippen LogP contribution in [-0.4, -0.2) is 11.0 Å². The standard InChI is InChI=1S/C17H19N3O/c1-11-9-14-15(10-19-11)16(18)5-6-17(14)20-12(2)8-13-4-3-7-21-13/h3-7,9-10,12,20H,8,18H2,1-2H3. The molecule has 0 radical (unpaired) electrons. The first kappa shape index (κ1) is 13.5. The first-order chi connectivity index (χ1) is 10.1. The Hall–Kier alpha value is -2.49. The van der Waals surface area contributed by atoms with Gasteiger partial charge in [-0.3, -0.25) is 4.98 Å². The number of fused-ring (bicyclic) bond motifs is 1. The zero-order valence-electron chi connectivity index (χ0n) is 12.3. The van der Waals surface area contributed by atoms with Gasteiger partial charge in [-0.1, -0.05) is 0 Å². The summed E-state index contributed by atoms with van der Waals surface area (Å²) in [5.74, 6) is 0.979. The van der Waals surface area contributed by atoms with Gasteiger partial charge in [0.2, 0.25) is 0 Å². The summed E-state index contributed by atoms with van der Waals surface area (Å²) >= 11 is 0. The molecule has 1 atom stereocenters. The SMILES string of the molecule is Cc1cc2c(NC(C)Cc3ccco3)ccc(N)c2cn1. The molecule has 4 heteroatoms.